The SMILES string of the molecule is CC(C)c1oc2c(c1S(=O)(=O)Cl)CCC2. The van der Waals surface area contributed by atoms with Crippen molar-refractivity contribution in [3.8, 4) is 0 Å². The molecule has 0 radical (unpaired) electrons. The highest BCUT2D eigenvalue weighted by Crippen LogP contribution is 2.38. The van der Waals surface area contributed by atoms with E-state index in [0.29, 0.717) is 5.76 Å². The fourth-order valence-electron chi connectivity index (χ4n) is 2.04. The summed E-state index contributed by atoms with van der Waals surface area (Å²) >= 11 is 0. The van der Waals surface area contributed by atoms with Crippen LogP contribution in [0.25, 0.3) is 0 Å². The van der Waals surface area contributed by atoms with E-state index in [2.05, 4.69) is 0 Å². The monoisotopic (exact) mass is 248 g/mol. The molecule has 5 heteroatoms. The van der Waals surface area contributed by atoms with Crippen LogP contribution in [0.15, 0.2) is 9.31 Å². The summed E-state index contributed by atoms with van der Waals surface area (Å²) in [5, 5.41) is 0. The Kier molecular flexibility index (Phi) is 2.59. The van der Waals surface area contributed by atoms with E-state index >= 15 is 0 Å². The van der Waals surface area contributed by atoms with Gasteiger partial charge in [-0.1, -0.05) is 13.8 Å². The Morgan fingerprint density at radius 2 is 2.00 bits per heavy atom. The zero-order valence-corrected chi connectivity index (χ0v) is 10.3. The largest absolute Gasteiger partial charge is 0.464 e. The van der Waals surface area contributed by atoms with Crippen molar-refractivity contribution in [2.45, 2.75) is 43.9 Å². The third kappa shape index (κ3) is 1.81. The van der Waals surface area contributed by atoms with Crippen molar-refractivity contribution in [3.05, 3.63) is 17.1 Å². The molecule has 0 aromatic carbocycles. The van der Waals surface area contributed by atoms with Crippen LogP contribution in [0.2, 0.25) is 0 Å². The summed E-state index contributed by atoms with van der Waals surface area (Å²) in [4.78, 5) is 0.228. The van der Waals surface area contributed by atoms with Gasteiger partial charge in [0.1, 0.15) is 16.4 Å². The van der Waals surface area contributed by atoms with Gasteiger partial charge in [0.2, 0.25) is 0 Å². The van der Waals surface area contributed by atoms with Crippen LogP contribution in [0.1, 0.15) is 43.3 Å². The summed E-state index contributed by atoms with van der Waals surface area (Å²) in [7, 11) is 1.76. The molecule has 0 aliphatic heterocycles. The molecule has 1 heterocycles. The van der Waals surface area contributed by atoms with Gasteiger partial charge in [0, 0.05) is 28.6 Å². The molecule has 0 amide bonds. The van der Waals surface area contributed by atoms with Gasteiger partial charge in [-0.25, -0.2) is 8.42 Å². The highest BCUT2D eigenvalue weighted by atomic mass is 35.7. The minimum Gasteiger partial charge on any atom is -0.464 e. The second-order valence-corrected chi connectivity index (χ2v) is 6.65. The van der Waals surface area contributed by atoms with Crippen LogP contribution in [0.3, 0.4) is 0 Å². The molecule has 0 atom stereocenters. The van der Waals surface area contributed by atoms with Crippen molar-refractivity contribution in [1.29, 1.82) is 0 Å². The van der Waals surface area contributed by atoms with Crippen LogP contribution >= 0.6 is 10.7 Å². The molecule has 0 bridgehead atoms. The second-order valence-electron chi connectivity index (χ2n) is 4.14. The van der Waals surface area contributed by atoms with Gasteiger partial charge < -0.3 is 4.42 Å². The summed E-state index contributed by atoms with van der Waals surface area (Å²) in [6, 6.07) is 0. The first-order chi connectivity index (χ1) is 6.91. The molecule has 0 N–H and O–H groups in total. The van der Waals surface area contributed by atoms with E-state index in [1.807, 2.05) is 13.8 Å². The van der Waals surface area contributed by atoms with Crippen molar-refractivity contribution < 1.29 is 12.8 Å². The minimum absolute atomic E-state index is 0.0409. The van der Waals surface area contributed by atoms with Crippen LogP contribution in [0.4, 0.5) is 0 Å². The molecule has 3 nitrogen and oxygen atoms in total. The van der Waals surface area contributed by atoms with Gasteiger partial charge in [-0.3, -0.25) is 0 Å². The number of rotatable bonds is 2. The molecule has 1 aromatic heterocycles. The molecule has 0 saturated carbocycles. The van der Waals surface area contributed by atoms with Crippen molar-refractivity contribution in [2.75, 3.05) is 0 Å². The van der Waals surface area contributed by atoms with Crippen LogP contribution in [-0.2, 0) is 21.9 Å². The molecule has 1 aromatic rings. The predicted molar refractivity (Wildman–Crippen MR) is 57.9 cm³/mol. The van der Waals surface area contributed by atoms with Crippen LogP contribution < -0.4 is 0 Å². The summed E-state index contributed by atoms with van der Waals surface area (Å²) in [5.41, 5.74) is 0.800. The topological polar surface area (TPSA) is 47.3 Å². The fraction of sp³-hybridized carbons (Fsp3) is 0.600. The van der Waals surface area contributed by atoms with Crippen LogP contribution in [0, 0.1) is 0 Å². The lowest BCUT2D eigenvalue weighted by Gasteiger charge is -2.04. The molecule has 2 rings (SSSR count). The van der Waals surface area contributed by atoms with Gasteiger partial charge in [0.25, 0.3) is 9.05 Å². The van der Waals surface area contributed by atoms with E-state index in [0.717, 1.165) is 30.6 Å². The van der Waals surface area contributed by atoms with E-state index in [-0.39, 0.29) is 10.8 Å². The smallest absolute Gasteiger partial charge is 0.265 e. The maximum absolute atomic E-state index is 11.5. The Morgan fingerprint density at radius 3 is 2.53 bits per heavy atom. The second kappa shape index (κ2) is 3.52. The van der Waals surface area contributed by atoms with Gasteiger partial charge in [0.15, 0.2) is 0 Å². The van der Waals surface area contributed by atoms with Gasteiger partial charge in [-0.05, 0) is 12.8 Å². The molecule has 15 heavy (non-hydrogen) atoms. The zero-order valence-electron chi connectivity index (χ0n) is 8.71. The van der Waals surface area contributed by atoms with Crippen molar-refractivity contribution >= 4 is 19.7 Å². The van der Waals surface area contributed by atoms with Gasteiger partial charge in [0.05, 0.1) is 0 Å². The first-order valence-electron chi connectivity index (χ1n) is 5.00. The molecule has 84 valence electrons. The van der Waals surface area contributed by atoms with Crippen molar-refractivity contribution in [3.63, 3.8) is 0 Å². The Bertz CT molecular complexity index is 485. The van der Waals surface area contributed by atoms with Gasteiger partial charge in [-0.15, -0.1) is 0 Å². The summed E-state index contributed by atoms with van der Waals surface area (Å²) in [5.74, 6) is 1.35. The van der Waals surface area contributed by atoms with E-state index in [1.165, 1.54) is 0 Å². The highest BCUT2D eigenvalue weighted by Gasteiger charge is 2.31. The average Bonchev–Trinajstić information content (AvgIpc) is 2.56. The third-order valence-corrected chi connectivity index (χ3v) is 4.06. The number of halogens is 1. The number of fused-ring (bicyclic) bond motifs is 1. The van der Waals surface area contributed by atoms with E-state index < -0.39 is 9.05 Å². The summed E-state index contributed by atoms with van der Waals surface area (Å²) < 4.78 is 28.6. The Morgan fingerprint density at radius 1 is 1.33 bits per heavy atom. The van der Waals surface area contributed by atoms with E-state index in [4.69, 9.17) is 15.1 Å². The fourth-order valence-corrected chi connectivity index (χ4v) is 3.58. The molecule has 1 aliphatic rings. The maximum atomic E-state index is 11.5. The highest BCUT2D eigenvalue weighted by molar-refractivity contribution is 8.13. The van der Waals surface area contributed by atoms with Gasteiger partial charge >= 0.3 is 0 Å². The minimum atomic E-state index is -3.68. The molecule has 0 saturated heterocycles. The first-order valence-corrected chi connectivity index (χ1v) is 7.31. The molecule has 1 aliphatic carbocycles. The normalized spacial score (nSPS) is 16.0. The van der Waals surface area contributed by atoms with Gasteiger partial charge in [-0.2, -0.15) is 0 Å². The number of furan rings is 1. The van der Waals surface area contributed by atoms with E-state index in [1.54, 1.807) is 0 Å². The summed E-state index contributed by atoms with van der Waals surface area (Å²) in [6.07, 6.45) is 2.53. The lowest BCUT2D eigenvalue weighted by atomic mass is 10.1. The number of aryl methyl sites for hydroxylation is 1. The lowest BCUT2D eigenvalue weighted by molar-refractivity contribution is 0.441. The third-order valence-electron chi connectivity index (χ3n) is 2.67. The van der Waals surface area contributed by atoms with Crippen molar-refractivity contribution in [2.24, 2.45) is 0 Å². The number of hydrogen-bond acceptors (Lipinski definition) is 3. The zero-order chi connectivity index (χ0) is 11.2. The maximum Gasteiger partial charge on any atom is 0.265 e. The predicted octanol–water partition coefficient (Wildman–Crippen LogP) is 2.82. The average molecular weight is 249 g/mol. The molecule has 0 fully saturated rings. The molecule has 0 spiro atoms. The standard InChI is InChI=1S/C10H13ClO3S/c1-6(2)9-10(15(11,12)13)7-4-3-5-8(7)14-9/h6H,3-5H2,1-2H3. The summed E-state index contributed by atoms with van der Waals surface area (Å²) in [6.45, 7) is 3.80. The number of hydrogen-bond donors (Lipinski definition) is 0. The molecular formula is C10H13ClO3S. The molecule has 0 unspecified atom stereocenters. The molecular weight excluding hydrogens is 236 g/mol. The Balaban J connectivity index is 2.69. The van der Waals surface area contributed by atoms with Crippen LogP contribution in [-0.4, -0.2) is 8.42 Å². The van der Waals surface area contributed by atoms with Crippen LogP contribution in [0.5, 0.6) is 0 Å². The first kappa shape index (κ1) is 11.0. The van der Waals surface area contributed by atoms with Crippen molar-refractivity contribution in [1.82, 2.24) is 0 Å². The quantitative estimate of drug-likeness (QED) is 0.756. The Hall–Kier alpha value is -0.480. The lowest BCUT2D eigenvalue weighted by Crippen LogP contribution is -1.99. The Labute approximate surface area is 93.8 Å². The van der Waals surface area contributed by atoms with E-state index in [9.17, 15) is 8.42 Å².